The van der Waals surface area contributed by atoms with Crippen LogP contribution >= 0.6 is 0 Å². The SMILES string of the molecule is Nc1ccc(CC(=O)O)c(-c2ccccc2)n1. The summed E-state index contributed by atoms with van der Waals surface area (Å²) in [6, 6.07) is 12.7. The molecule has 0 aliphatic rings. The van der Waals surface area contributed by atoms with Gasteiger partial charge in [0.15, 0.2) is 0 Å². The Kier molecular flexibility index (Phi) is 3.05. The van der Waals surface area contributed by atoms with E-state index >= 15 is 0 Å². The highest BCUT2D eigenvalue weighted by Gasteiger charge is 2.10. The van der Waals surface area contributed by atoms with Gasteiger partial charge in [-0.05, 0) is 11.6 Å². The van der Waals surface area contributed by atoms with Gasteiger partial charge in [0.05, 0.1) is 12.1 Å². The van der Waals surface area contributed by atoms with E-state index in [2.05, 4.69) is 4.98 Å². The number of nitrogens with zero attached hydrogens (tertiary/aromatic N) is 1. The summed E-state index contributed by atoms with van der Waals surface area (Å²) in [5.74, 6) is -0.494. The Hall–Kier alpha value is -2.36. The van der Waals surface area contributed by atoms with Crippen molar-refractivity contribution in [2.45, 2.75) is 6.42 Å². The van der Waals surface area contributed by atoms with Gasteiger partial charge in [0.2, 0.25) is 0 Å². The van der Waals surface area contributed by atoms with Crippen molar-refractivity contribution >= 4 is 11.8 Å². The highest BCUT2D eigenvalue weighted by molar-refractivity contribution is 5.75. The molecule has 2 aromatic rings. The first-order chi connectivity index (χ1) is 8.16. The quantitative estimate of drug-likeness (QED) is 0.841. The number of carboxylic acid groups (broad SMARTS) is 1. The number of carbonyl (C=O) groups is 1. The molecular weight excluding hydrogens is 216 g/mol. The fourth-order valence-corrected chi connectivity index (χ4v) is 1.65. The van der Waals surface area contributed by atoms with Gasteiger partial charge in [0.1, 0.15) is 5.82 Å². The number of hydrogen-bond donors (Lipinski definition) is 2. The zero-order valence-electron chi connectivity index (χ0n) is 9.13. The molecule has 86 valence electrons. The predicted octanol–water partition coefficient (Wildman–Crippen LogP) is 1.96. The number of aromatic nitrogens is 1. The topological polar surface area (TPSA) is 76.2 Å². The zero-order valence-corrected chi connectivity index (χ0v) is 9.13. The molecule has 0 saturated heterocycles. The van der Waals surface area contributed by atoms with Crippen molar-refractivity contribution < 1.29 is 9.90 Å². The summed E-state index contributed by atoms with van der Waals surface area (Å²) >= 11 is 0. The Balaban J connectivity index is 2.51. The Bertz CT molecular complexity index is 538. The van der Waals surface area contributed by atoms with Crippen LogP contribution in [-0.4, -0.2) is 16.1 Å². The van der Waals surface area contributed by atoms with Crippen molar-refractivity contribution in [3.63, 3.8) is 0 Å². The van der Waals surface area contributed by atoms with E-state index in [-0.39, 0.29) is 6.42 Å². The Labute approximate surface area is 98.7 Å². The van der Waals surface area contributed by atoms with E-state index in [1.165, 1.54) is 0 Å². The van der Waals surface area contributed by atoms with Gasteiger partial charge in [-0.15, -0.1) is 0 Å². The summed E-state index contributed by atoms with van der Waals surface area (Å²) in [6.07, 6.45) is -0.0580. The van der Waals surface area contributed by atoms with Gasteiger partial charge in [0, 0.05) is 5.56 Å². The van der Waals surface area contributed by atoms with Gasteiger partial charge < -0.3 is 10.8 Å². The van der Waals surface area contributed by atoms with Crippen LogP contribution in [-0.2, 0) is 11.2 Å². The lowest BCUT2D eigenvalue weighted by atomic mass is 10.0. The molecule has 1 aromatic carbocycles. The third-order valence-corrected chi connectivity index (χ3v) is 2.39. The fourth-order valence-electron chi connectivity index (χ4n) is 1.65. The maximum atomic E-state index is 10.8. The lowest BCUT2D eigenvalue weighted by molar-refractivity contribution is -0.136. The number of carboxylic acids is 1. The molecule has 0 unspecified atom stereocenters. The molecule has 1 heterocycles. The molecular formula is C13H12N2O2. The van der Waals surface area contributed by atoms with Crippen LogP contribution in [0.3, 0.4) is 0 Å². The second kappa shape index (κ2) is 4.65. The van der Waals surface area contributed by atoms with E-state index in [1.54, 1.807) is 12.1 Å². The Morgan fingerprint density at radius 3 is 2.53 bits per heavy atom. The molecule has 0 amide bonds. The Morgan fingerprint density at radius 2 is 1.88 bits per heavy atom. The third kappa shape index (κ3) is 2.60. The summed E-state index contributed by atoms with van der Waals surface area (Å²) in [6.45, 7) is 0. The molecule has 2 rings (SSSR count). The van der Waals surface area contributed by atoms with Crippen LogP contribution in [0.1, 0.15) is 5.56 Å². The molecule has 0 radical (unpaired) electrons. The number of aliphatic carboxylic acids is 1. The zero-order chi connectivity index (χ0) is 12.3. The third-order valence-electron chi connectivity index (χ3n) is 2.39. The highest BCUT2D eigenvalue weighted by Crippen LogP contribution is 2.22. The molecule has 0 aliphatic carbocycles. The number of pyridine rings is 1. The summed E-state index contributed by atoms with van der Waals surface area (Å²) in [5.41, 5.74) is 7.81. The maximum Gasteiger partial charge on any atom is 0.307 e. The summed E-state index contributed by atoms with van der Waals surface area (Å²) in [4.78, 5) is 15.0. The van der Waals surface area contributed by atoms with E-state index < -0.39 is 5.97 Å². The van der Waals surface area contributed by atoms with Gasteiger partial charge in [0.25, 0.3) is 0 Å². The number of hydrogen-bond acceptors (Lipinski definition) is 3. The van der Waals surface area contributed by atoms with E-state index in [9.17, 15) is 4.79 Å². The number of benzene rings is 1. The van der Waals surface area contributed by atoms with Crippen molar-refractivity contribution in [2.24, 2.45) is 0 Å². The van der Waals surface area contributed by atoms with Gasteiger partial charge in [-0.2, -0.15) is 0 Å². The van der Waals surface area contributed by atoms with Crippen molar-refractivity contribution in [3.8, 4) is 11.3 Å². The van der Waals surface area contributed by atoms with Crippen molar-refractivity contribution in [1.82, 2.24) is 4.98 Å². The fraction of sp³-hybridized carbons (Fsp3) is 0.0769. The first kappa shape index (κ1) is 11.1. The molecule has 17 heavy (non-hydrogen) atoms. The second-order valence-electron chi connectivity index (χ2n) is 3.68. The molecule has 4 nitrogen and oxygen atoms in total. The first-order valence-electron chi connectivity index (χ1n) is 5.19. The van der Waals surface area contributed by atoms with Gasteiger partial charge in [-0.25, -0.2) is 4.98 Å². The van der Waals surface area contributed by atoms with Crippen molar-refractivity contribution in [1.29, 1.82) is 0 Å². The largest absolute Gasteiger partial charge is 0.481 e. The van der Waals surface area contributed by atoms with Crippen molar-refractivity contribution in [3.05, 3.63) is 48.0 Å². The Morgan fingerprint density at radius 1 is 1.18 bits per heavy atom. The van der Waals surface area contributed by atoms with E-state index in [0.717, 1.165) is 5.56 Å². The van der Waals surface area contributed by atoms with Crippen LogP contribution < -0.4 is 5.73 Å². The van der Waals surface area contributed by atoms with Crippen LogP contribution in [0.5, 0.6) is 0 Å². The first-order valence-corrected chi connectivity index (χ1v) is 5.19. The number of rotatable bonds is 3. The van der Waals surface area contributed by atoms with Crippen LogP contribution in [0.15, 0.2) is 42.5 Å². The van der Waals surface area contributed by atoms with Crippen LogP contribution in [0, 0.1) is 0 Å². The molecule has 1 aromatic heterocycles. The average Bonchev–Trinajstić information content (AvgIpc) is 2.32. The molecule has 0 fully saturated rings. The number of anilines is 1. The van der Waals surface area contributed by atoms with Gasteiger partial charge >= 0.3 is 5.97 Å². The van der Waals surface area contributed by atoms with Crippen LogP contribution in [0.25, 0.3) is 11.3 Å². The minimum Gasteiger partial charge on any atom is -0.481 e. The molecule has 0 atom stereocenters. The minimum absolute atomic E-state index is 0.0580. The second-order valence-corrected chi connectivity index (χ2v) is 3.68. The summed E-state index contributed by atoms with van der Waals surface area (Å²) < 4.78 is 0. The van der Waals surface area contributed by atoms with Gasteiger partial charge in [-0.1, -0.05) is 36.4 Å². The predicted molar refractivity (Wildman–Crippen MR) is 65.4 cm³/mol. The molecule has 0 aliphatic heterocycles. The highest BCUT2D eigenvalue weighted by atomic mass is 16.4. The molecule has 4 heteroatoms. The van der Waals surface area contributed by atoms with Crippen molar-refractivity contribution in [2.75, 3.05) is 5.73 Å². The lowest BCUT2D eigenvalue weighted by Crippen LogP contribution is -2.04. The molecule has 3 N–H and O–H groups in total. The molecule has 0 spiro atoms. The smallest absolute Gasteiger partial charge is 0.307 e. The standard InChI is InChI=1S/C13H12N2O2/c14-11-7-6-10(8-12(16)17)13(15-11)9-4-2-1-3-5-9/h1-7H,8H2,(H2,14,15)(H,16,17). The average molecular weight is 228 g/mol. The lowest BCUT2D eigenvalue weighted by Gasteiger charge is -2.07. The van der Waals surface area contributed by atoms with Crippen LogP contribution in [0.4, 0.5) is 5.82 Å². The summed E-state index contributed by atoms with van der Waals surface area (Å²) in [7, 11) is 0. The van der Waals surface area contributed by atoms with Crippen LogP contribution in [0.2, 0.25) is 0 Å². The normalized spacial score (nSPS) is 10.1. The number of nitrogens with two attached hydrogens (primary N) is 1. The number of nitrogen functional groups attached to an aromatic ring is 1. The maximum absolute atomic E-state index is 10.8. The van der Waals surface area contributed by atoms with E-state index in [0.29, 0.717) is 17.1 Å². The monoisotopic (exact) mass is 228 g/mol. The van der Waals surface area contributed by atoms with Gasteiger partial charge in [-0.3, -0.25) is 4.79 Å². The summed E-state index contributed by atoms with van der Waals surface area (Å²) in [5, 5.41) is 8.85. The molecule has 0 bridgehead atoms. The van der Waals surface area contributed by atoms with E-state index in [4.69, 9.17) is 10.8 Å². The minimum atomic E-state index is -0.881. The molecule has 0 saturated carbocycles. The van der Waals surface area contributed by atoms with E-state index in [1.807, 2.05) is 30.3 Å².